The fraction of sp³-hybridized carbons (Fsp3) is 0.130. The van der Waals surface area contributed by atoms with Gasteiger partial charge in [0.05, 0.1) is 25.4 Å². The molecule has 4 nitrogen and oxygen atoms in total. The van der Waals surface area contributed by atoms with E-state index in [1.807, 2.05) is 30.3 Å². The molecule has 4 aromatic rings. The molecule has 1 atom stereocenters. The van der Waals surface area contributed by atoms with Crippen molar-refractivity contribution in [1.29, 1.82) is 0 Å². The molecule has 0 radical (unpaired) electrons. The summed E-state index contributed by atoms with van der Waals surface area (Å²) in [6.07, 6.45) is -0.352. The van der Waals surface area contributed by atoms with Gasteiger partial charge >= 0.3 is 0 Å². The lowest BCUT2D eigenvalue weighted by Gasteiger charge is -2.30. The molecule has 1 aliphatic heterocycles. The smallest absolute Gasteiger partial charge is 0.203 e. The molecule has 0 aliphatic carbocycles. The predicted octanol–water partition coefficient (Wildman–Crippen LogP) is 6.79. The van der Waals surface area contributed by atoms with Crippen LogP contribution in [0.1, 0.15) is 11.8 Å². The molecule has 0 N–H and O–H groups in total. The maximum absolute atomic E-state index is 6.53. The third-order valence-electron chi connectivity index (χ3n) is 5.15. The summed E-state index contributed by atoms with van der Waals surface area (Å²) in [5.74, 6) is 2.29. The van der Waals surface area contributed by atoms with E-state index in [4.69, 9.17) is 14.2 Å². The second kappa shape index (κ2) is 7.11. The zero-order valence-corrected chi connectivity index (χ0v) is 19.0. The van der Waals surface area contributed by atoms with E-state index in [0.29, 0.717) is 0 Å². The first kappa shape index (κ1) is 18.6. The van der Waals surface area contributed by atoms with Gasteiger partial charge in [0, 0.05) is 31.5 Å². The fourth-order valence-electron chi connectivity index (χ4n) is 3.83. The number of ether oxygens (including phenoxy) is 3. The molecule has 0 amide bonds. The van der Waals surface area contributed by atoms with Crippen molar-refractivity contribution < 1.29 is 14.2 Å². The second-order valence-corrected chi connectivity index (χ2v) is 8.69. The van der Waals surface area contributed by atoms with Crippen LogP contribution in [0.3, 0.4) is 0 Å². The Bertz CT molecular complexity index is 1230. The van der Waals surface area contributed by atoms with E-state index in [9.17, 15) is 0 Å². The number of rotatable bonds is 3. The Balaban J connectivity index is 1.80. The standard InChI is InChI=1S/C23H17Br2NO3/c1-27-17-8-14(9-18(12-17)28-2)23-26-20-6-4-15(24)7-13(20)10-21(26)19-5-3-16(25)11-22(19)29-23/h3-12,23H,1-2H3. The van der Waals surface area contributed by atoms with E-state index < -0.39 is 0 Å². The van der Waals surface area contributed by atoms with Crippen molar-refractivity contribution in [2.75, 3.05) is 14.2 Å². The maximum Gasteiger partial charge on any atom is 0.203 e. The van der Waals surface area contributed by atoms with E-state index in [1.165, 1.54) is 0 Å². The average Bonchev–Trinajstić information content (AvgIpc) is 3.10. The Morgan fingerprint density at radius 2 is 1.52 bits per heavy atom. The quantitative estimate of drug-likeness (QED) is 0.301. The summed E-state index contributed by atoms with van der Waals surface area (Å²) in [6.45, 7) is 0. The molecule has 1 aliphatic rings. The second-order valence-electron chi connectivity index (χ2n) is 6.86. The van der Waals surface area contributed by atoms with Crippen molar-refractivity contribution in [1.82, 2.24) is 4.57 Å². The van der Waals surface area contributed by atoms with Crippen LogP contribution in [-0.4, -0.2) is 18.8 Å². The molecule has 146 valence electrons. The molecule has 5 rings (SSSR count). The third kappa shape index (κ3) is 3.11. The number of nitrogens with zero attached hydrogens (tertiary/aromatic N) is 1. The van der Waals surface area contributed by atoms with Crippen LogP contribution in [0.5, 0.6) is 17.2 Å². The van der Waals surface area contributed by atoms with Crippen LogP contribution < -0.4 is 14.2 Å². The number of fused-ring (bicyclic) bond motifs is 5. The van der Waals surface area contributed by atoms with Gasteiger partial charge in [-0.25, -0.2) is 0 Å². The van der Waals surface area contributed by atoms with E-state index in [0.717, 1.165) is 53.9 Å². The number of hydrogen-bond donors (Lipinski definition) is 0. The van der Waals surface area contributed by atoms with Gasteiger partial charge in [-0.3, -0.25) is 0 Å². The summed E-state index contributed by atoms with van der Waals surface area (Å²) in [5, 5.41) is 1.15. The van der Waals surface area contributed by atoms with Crippen LogP contribution in [0.2, 0.25) is 0 Å². The van der Waals surface area contributed by atoms with E-state index in [-0.39, 0.29) is 6.23 Å². The Labute approximate surface area is 185 Å². The molecule has 2 heterocycles. The van der Waals surface area contributed by atoms with Gasteiger partial charge in [0.15, 0.2) is 0 Å². The van der Waals surface area contributed by atoms with Crippen LogP contribution in [0.25, 0.3) is 22.2 Å². The van der Waals surface area contributed by atoms with Crippen LogP contribution in [0.15, 0.2) is 69.6 Å². The highest BCUT2D eigenvalue weighted by atomic mass is 79.9. The summed E-state index contributed by atoms with van der Waals surface area (Å²) in [4.78, 5) is 0. The minimum Gasteiger partial charge on any atom is -0.497 e. The van der Waals surface area contributed by atoms with Gasteiger partial charge in [0.25, 0.3) is 0 Å². The van der Waals surface area contributed by atoms with Gasteiger partial charge in [0.1, 0.15) is 17.2 Å². The van der Waals surface area contributed by atoms with Crippen molar-refractivity contribution >= 4 is 42.8 Å². The zero-order chi connectivity index (χ0) is 20.1. The number of methoxy groups -OCH3 is 2. The molecule has 1 aromatic heterocycles. The van der Waals surface area contributed by atoms with Crippen LogP contribution in [-0.2, 0) is 0 Å². The molecule has 0 saturated carbocycles. The lowest BCUT2D eigenvalue weighted by atomic mass is 10.1. The highest BCUT2D eigenvalue weighted by Gasteiger charge is 2.29. The van der Waals surface area contributed by atoms with Crippen molar-refractivity contribution in [2.24, 2.45) is 0 Å². The lowest BCUT2D eigenvalue weighted by Crippen LogP contribution is -2.22. The average molecular weight is 515 g/mol. The first-order valence-electron chi connectivity index (χ1n) is 9.07. The van der Waals surface area contributed by atoms with Crippen molar-refractivity contribution in [3.63, 3.8) is 0 Å². The van der Waals surface area contributed by atoms with E-state index in [1.54, 1.807) is 14.2 Å². The Morgan fingerprint density at radius 1 is 0.828 bits per heavy atom. The van der Waals surface area contributed by atoms with Gasteiger partial charge < -0.3 is 18.8 Å². The first-order valence-corrected chi connectivity index (χ1v) is 10.7. The number of benzene rings is 3. The first-order chi connectivity index (χ1) is 14.1. The van der Waals surface area contributed by atoms with Gasteiger partial charge in [-0.2, -0.15) is 0 Å². The Kier molecular flexibility index (Phi) is 4.56. The topological polar surface area (TPSA) is 32.6 Å². The molecule has 29 heavy (non-hydrogen) atoms. The monoisotopic (exact) mass is 513 g/mol. The number of aromatic nitrogens is 1. The maximum atomic E-state index is 6.53. The molecular formula is C23H17Br2NO3. The van der Waals surface area contributed by atoms with Gasteiger partial charge in [-0.15, -0.1) is 0 Å². The minimum atomic E-state index is -0.352. The Morgan fingerprint density at radius 3 is 2.24 bits per heavy atom. The Hall–Kier alpha value is -2.44. The van der Waals surface area contributed by atoms with Gasteiger partial charge in [0.2, 0.25) is 6.23 Å². The number of hydrogen-bond acceptors (Lipinski definition) is 3. The fourth-order valence-corrected chi connectivity index (χ4v) is 4.55. The zero-order valence-electron chi connectivity index (χ0n) is 15.8. The summed E-state index contributed by atoms with van der Waals surface area (Å²) in [6, 6.07) is 20.5. The van der Waals surface area contributed by atoms with Crippen molar-refractivity contribution in [3.05, 3.63) is 75.2 Å². The largest absolute Gasteiger partial charge is 0.497 e. The van der Waals surface area contributed by atoms with Gasteiger partial charge in [-0.1, -0.05) is 31.9 Å². The SMILES string of the molecule is COc1cc(OC)cc(C2Oc3cc(Br)ccc3-c3cc4cc(Br)ccc4n32)c1. The normalized spacial score (nSPS) is 14.8. The van der Waals surface area contributed by atoms with E-state index >= 15 is 0 Å². The summed E-state index contributed by atoms with van der Waals surface area (Å²) in [5.41, 5.74) is 4.22. The molecule has 6 heteroatoms. The van der Waals surface area contributed by atoms with Crippen LogP contribution in [0.4, 0.5) is 0 Å². The minimum absolute atomic E-state index is 0.352. The summed E-state index contributed by atoms with van der Waals surface area (Å²) in [7, 11) is 3.31. The molecule has 0 spiro atoms. The van der Waals surface area contributed by atoms with E-state index in [2.05, 4.69) is 66.8 Å². The lowest BCUT2D eigenvalue weighted by molar-refractivity contribution is 0.172. The predicted molar refractivity (Wildman–Crippen MR) is 121 cm³/mol. The van der Waals surface area contributed by atoms with Crippen LogP contribution in [0, 0.1) is 0 Å². The summed E-state index contributed by atoms with van der Waals surface area (Å²) < 4.78 is 21.8. The molecule has 1 unspecified atom stereocenters. The van der Waals surface area contributed by atoms with Crippen LogP contribution >= 0.6 is 31.9 Å². The molecule has 0 bridgehead atoms. The highest BCUT2D eigenvalue weighted by Crippen LogP contribution is 2.46. The van der Waals surface area contributed by atoms with Crippen molar-refractivity contribution in [2.45, 2.75) is 6.23 Å². The van der Waals surface area contributed by atoms with Gasteiger partial charge in [-0.05, 0) is 54.6 Å². The third-order valence-corrected chi connectivity index (χ3v) is 6.14. The molecule has 3 aromatic carbocycles. The molecular weight excluding hydrogens is 498 g/mol. The molecule has 0 fully saturated rings. The highest BCUT2D eigenvalue weighted by molar-refractivity contribution is 9.10. The van der Waals surface area contributed by atoms with Crippen molar-refractivity contribution in [3.8, 4) is 28.5 Å². The number of halogens is 2. The molecule has 0 saturated heterocycles. The summed E-state index contributed by atoms with van der Waals surface area (Å²) >= 11 is 7.15.